The zero-order valence-electron chi connectivity index (χ0n) is 9.30. The maximum Gasteiger partial charge on any atom is 0.182 e. The van der Waals surface area contributed by atoms with Gasteiger partial charge in [-0.15, -0.1) is 11.3 Å². The molecule has 0 aromatic carbocycles. The second kappa shape index (κ2) is 4.57. The number of rotatable bonds is 4. The molecule has 4 nitrogen and oxygen atoms in total. The molecule has 0 aliphatic rings. The standard InChI is InChI=1S/C11H13N3OS/c1-8-13-9(7-16-8)10(15)3-4-11-12-5-6-14(11)2/h5-7H,3-4H2,1-2H3. The molecule has 0 fully saturated rings. The molecule has 0 N–H and O–H groups in total. The fourth-order valence-corrected chi connectivity index (χ4v) is 2.10. The highest BCUT2D eigenvalue weighted by molar-refractivity contribution is 7.09. The normalized spacial score (nSPS) is 10.6. The lowest BCUT2D eigenvalue weighted by Crippen LogP contribution is -2.05. The third-order valence-electron chi connectivity index (χ3n) is 2.40. The van der Waals surface area contributed by atoms with E-state index in [1.54, 1.807) is 6.20 Å². The SMILES string of the molecule is Cc1nc(C(=O)CCc2nccn2C)cs1. The van der Waals surface area contributed by atoms with Crippen LogP contribution in [0.2, 0.25) is 0 Å². The Morgan fingerprint density at radius 2 is 2.38 bits per heavy atom. The summed E-state index contributed by atoms with van der Waals surface area (Å²) in [6.07, 6.45) is 4.76. The summed E-state index contributed by atoms with van der Waals surface area (Å²) >= 11 is 1.51. The van der Waals surface area contributed by atoms with Crippen molar-refractivity contribution in [2.24, 2.45) is 7.05 Å². The zero-order valence-corrected chi connectivity index (χ0v) is 10.1. The lowest BCUT2D eigenvalue weighted by Gasteiger charge is -1.99. The van der Waals surface area contributed by atoms with E-state index in [2.05, 4.69) is 9.97 Å². The first-order chi connectivity index (χ1) is 7.66. The molecule has 0 amide bonds. The van der Waals surface area contributed by atoms with Crippen molar-refractivity contribution in [1.82, 2.24) is 14.5 Å². The molecule has 0 aliphatic heterocycles. The average Bonchev–Trinajstić information content (AvgIpc) is 2.84. The quantitative estimate of drug-likeness (QED) is 0.761. The second-order valence-corrected chi connectivity index (χ2v) is 4.69. The Labute approximate surface area is 98.0 Å². The van der Waals surface area contributed by atoms with Crippen LogP contribution in [0.25, 0.3) is 0 Å². The van der Waals surface area contributed by atoms with Crippen LogP contribution < -0.4 is 0 Å². The van der Waals surface area contributed by atoms with Crippen LogP contribution in [0.1, 0.15) is 27.7 Å². The van der Waals surface area contributed by atoms with Crippen LogP contribution in [-0.2, 0) is 13.5 Å². The number of aryl methyl sites for hydroxylation is 3. The number of ketones is 1. The minimum atomic E-state index is 0.0901. The number of carbonyl (C=O) groups is 1. The predicted octanol–water partition coefficient (Wildman–Crippen LogP) is 2.00. The van der Waals surface area contributed by atoms with Gasteiger partial charge in [0.2, 0.25) is 0 Å². The van der Waals surface area contributed by atoms with Crippen LogP contribution in [0.3, 0.4) is 0 Å². The van der Waals surface area contributed by atoms with Crippen molar-refractivity contribution < 1.29 is 4.79 Å². The first-order valence-corrected chi connectivity index (χ1v) is 5.96. The summed E-state index contributed by atoms with van der Waals surface area (Å²) < 4.78 is 1.93. The van der Waals surface area contributed by atoms with E-state index in [-0.39, 0.29) is 5.78 Å². The molecule has 0 saturated carbocycles. The molecule has 0 atom stereocenters. The van der Waals surface area contributed by atoms with E-state index < -0.39 is 0 Å². The minimum Gasteiger partial charge on any atom is -0.338 e. The van der Waals surface area contributed by atoms with Crippen molar-refractivity contribution in [1.29, 1.82) is 0 Å². The first kappa shape index (κ1) is 11.0. The molecule has 0 aliphatic carbocycles. The average molecular weight is 235 g/mol. The molecule has 2 aromatic heterocycles. The highest BCUT2D eigenvalue weighted by atomic mass is 32.1. The fourth-order valence-electron chi connectivity index (χ4n) is 1.48. The highest BCUT2D eigenvalue weighted by Crippen LogP contribution is 2.11. The number of hydrogen-bond donors (Lipinski definition) is 0. The van der Waals surface area contributed by atoms with Gasteiger partial charge in [-0.2, -0.15) is 0 Å². The van der Waals surface area contributed by atoms with E-state index in [0.717, 1.165) is 10.8 Å². The van der Waals surface area contributed by atoms with Crippen LogP contribution in [-0.4, -0.2) is 20.3 Å². The number of imidazole rings is 1. The highest BCUT2D eigenvalue weighted by Gasteiger charge is 2.10. The van der Waals surface area contributed by atoms with Crippen molar-refractivity contribution in [3.8, 4) is 0 Å². The molecule has 0 radical (unpaired) electrons. The number of nitrogens with zero attached hydrogens (tertiary/aromatic N) is 3. The van der Waals surface area contributed by atoms with Gasteiger partial charge in [-0.1, -0.05) is 0 Å². The van der Waals surface area contributed by atoms with E-state index in [9.17, 15) is 4.79 Å². The van der Waals surface area contributed by atoms with Crippen molar-refractivity contribution in [2.75, 3.05) is 0 Å². The molecule has 0 unspecified atom stereocenters. The number of aromatic nitrogens is 3. The van der Waals surface area contributed by atoms with Crippen LogP contribution in [0.5, 0.6) is 0 Å². The van der Waals surface area contributed by atoms with Gasteiger partial charge in [0, 0.05) is 37.7 Å². The van der Waals surface area contributed by atoms with Crippen molar-refractivity contribution in [3.05, 3.63) is 34.3 Å². The number of Topliss-reactive ketones (excluding diaryl/α,β-unsaturated/α-hetero) is 1. The Morgan fingerprint density at radius 1 is 1.56 bits per heavy atom. The van der Waals surface area contributed by atoms with Crippen molar-refractivity contribution >= 4 is 17.1 Å². The molecular formula is C11H13N3OS. The zero-order chi connectivity index (χ0) is 11.5. The number of carbonyl (C=O) groups excluding carboxylic acids is 1. The third-order valence-corrected chi connectivity index (χ3v) is 3.17. The van der Waals surface area contributed by atoms with Gasteiger partial charge < -0.3 is 4.57 Å². The van der Waals surface area contributed by atoms with Gasteiger partial charge in [0.1, 0.15) is 11.5 Å². The Kier molecular flexibility index (Phi) is 3.14. The Hall–Kier alpha value is -1.49. The van der Waals surface area contributed by atoms with E-state index in [4.69, 9.17) is 0 Å². The van der Waals surface area contributed by atoms with E-state index >= 15 is 0 Å². The van der Waals surface area contributed by atoms with Crippen LogP contribution in [0.4, 0.5) is 0 Å². The molecule has 5 heteroatoms. The number of thiazole rings is 1. The summed E-state index contributed by atoms with van der Waals surface area (Å²) in [5, 5.41) is 2.75. The van der Waals surface area contributed by atoms with Gasteiger partial charge in [0.25, 0.3) is 0 Å². The van der Waals surface area contributed by atoms with Gasteiger partial charge >= 0.3 is 0 Å². The monoisotopic (exact) mass is 235 g/mol. The van der Waals surface area contributed by atoms with E-state index in [1.807, 2.05) is 30.1 Å². The molecule has 16 heavy (non-hydrogen) atoms. The largest absolute Gasteiger partial charge is 0.338 e. The van der Waals surface area contributed by atoms with E-state index in [0.29, 0.717) is 18.5 Å². The van der Waals surface area contributed by atoms with Crippen molar-refractivity contribution in [3.63, 3.8) is 0 Å². The van der Waals surface area contributed by atoms with Crippen molar-refractivity contribution in [2.45, 2.75) is 19.8 Å². The summed E-state index contributed by atoms with van der Waals surface area (Å²) in [5.41, 5.74) is 0.580. The molecule has 0 spiro atoms. The molecular weight excluding hydrogens is 222 g/mol. The van der Waals surface area contributed by atoms with Gasteiger partial charge in [-0.3, -0.25) is 4.79 Å². The third kappa shape index (κ3) is 2.36. The Balaban J connectivity index is 1.96. The summed E-state index contributed by atoms with van der Waals surface area (Å²) in [6, 6.07) is 0. The Morgan fingerprint density at radius 3 is 2.94 bits per heavy atom. The predicted molar refractivity (Wildman–Crippen MR) is 62.7 cm³/mol. The molecule has 84 valence electrons. The molecule has 2 heterocycles. The second-order valence-electron chi connectivity index (χ2n) is 3.63. The summed E-state index contributed by atoms with van der Waals surface area (Å²) in [5.74, 6) is 1.02. The Bertz CT molecular complexity index is 501. The molecule has 0 bridgehead atoms. The van der Waals surface area contributed by atoms with Crippen LogP contribution in [0, 0.1) is 6.92 Å². The van der Waals surface area contributed by atoms with Gasteiger partial charge in [-0.25, -0.2) is 9.97 Å². The maximum atomic E-state index is 11.8. The smallest absolute Gasteiger partial charge is 0.182 e. The van der Waals surface area contributed by atoms with Gasteiger partial charge in [0.05, 0.1) is 5.01 Å². The van der Waals surface area contributed by atoms with E-state index in [1.165, 1.54) is 11.3 Å². The fraction of sp³-hybridized carbons (Fsp3) is 0.364. The van der Waals surface area contributed by atoms with Crippen LogP contribution in [0.15, 0.2) is 17.8 Å². The summed E-state index contributed by atoms with van der Waals surface area (Å²) in [7, 11) is 1.93. The van der Waals surface area contributed by atoms with Gasteiger partial charge in [0.15, 0.2) is 5.78 Å². The van der Waals surface area contributed by atoms with Crippen LogP contribution >= 0.6 is 11.3 Å². The topological polar surface area (TPSA) is 47.8 Å². The summed E-state index contributed by atoms with van der Waals surface area (Å²) in [6.45, 7) is 1.90. The minimum absolute atomic E-state index is 0.0901. The number of hydrogen-bond acceptors (Lipinski definition) is 4. The summed E-state index contributed by atoms with van der Waals surface area (Å²) in [4.78, 5) is 20.1. The first-order valence-electron chi connectivity index (χ1n) is 5.08. The maximum absolute atomic E-state index is 11.8. The lowest BCUT2D eigenvalue weighted by molar-refractivity contribution is 0.0977. The van der Waals surface area contributed by atoms with Gasteiger partial charge in [-0.05, 0) is 6.92 Å². The molecule has 2 rings (SSSR count). The molecule has 2 aromatic rings. The molecule has 0 saturated heterocycles. The lowest BCUT2D eigenvalue weighted by atomic mass is 10.2.